The molecule has 1 fully saturated rings. The van der Waals surface area contributed by atoms with E-state index in [0.717, 1.165) is 15.2 Å². The van der Waals surface area contributed by atoms with Crippen LogP contribution in [0.2, 0.25) is 0 Å². The number of fused-ring (bicyclic) bond motifs is 1. The van der Waals surface area contributed by atoms with E-state index in [0.29, 0.717) is 6.42 Å². The van der Waals surface area contributed by atoms with Crippen LogP contribution in [0.3, 0.4) is 0 Å². The summed E-state index contributed by atoms with van der Waals surface area (Å²) < 4.78 is 6.91. The van der Waals surface area contributed by atoms with Gasteiger partial charge in [0.2, 0.25) is 0 Å². The molecule has 0 radical (unpaired) electrons. The Hall–Kier alpha value is -1.26. The van der Waals surface area contributed by atoms with Crippen LogP contribution in [0.5, 0.6) is 0 Å². The first-order chi connectivity index (χ1) is 9.56. The minimum atomic E-state index is -0.00277. The predicted octanol–water partition coefficient (Wildman–Crippen LogP) is 3.47. The molecule has 0 amide bonds. The van der Waals surface area contributed by atoms with Crippen molar-refractivity contribution in [1.82, 2.24) is 4.98 Å². The Bertz CT molecular complexity index is 603. The second-order valence-corrected chi connectivity index (χ2v) is 6.76. The zero-order valence-corrected chi connectivity index (χ0v) is 12.8. The van der Waals surface area contributed by atoms with Crippen molar-refractivity contribution in [1.29, 1.82) is 0 Å². The highest BCUT2D eigenvalue weighted by Gasteiger charge is 2.41. The monoisotopic (exact) mass is 289 g/mol. The highest BCUT2D eigenvalue weighted by molar-refractivity contribution is 7.18. The van der Waals surface area contributed by atoms with Gasteiger partial charge in [0.1, 0.15) is 10.8 Å². The maximum absolute atomic E-state index is 12.5. The molecule has 0 aliphatic carbocycles. The van der Waals surface area contributed by atoms with Gasteiger partial charge < -0.3 is 4.74 Å². The van der Waals surface area contributed by atoms with Gasteiger partial charge in [-0.1, -0.05) is 19.1 Å². The van der Waals surface area contributed by atoms with Crippen LogP contribution < -0.4 is 0 Å². The van der Waals surface area contributed by atoms with Crippen LogP contribution >= 0.6 is 11.3 Å². The number of ether oxygens (including phenoxy) is 1. The molecule has 106 valence electrons. The van der Waals surface area contributed by atoms with E-state index in [1.54, 1.807) is 11.3 Å². The summed E-state index contributed by atoms with van der Waals surface area (Å²) in [4.78, 5) is 17.1. The van der Waals surface area contributed by atoms with Crippen LogP contribution in [0, 0.1) is 11.8 Å². The number of Topliss-reactive ketones (excluding diaryl/α,β-unsaturated/α-hetero) is 1. The Kier molecular flexibility index (Phi) is 3.61. The zero-order chi connectivity index (χ0) is 14.3. The molecule has 1 aromatic heterocycles. The smallest absolute Gasteiger partial charge is 0.145 e. The third kappa shape index (κ3) is 2.38. The maximum Gasteiger partial charge on any atom is 0.145 e. The number of benzene rings is 1. The van der Waals surface area contributed by atoms with Crippen molar-refractivity contribution in [3.63, 3.8) is 0 Å². The van der Waals surface area contributed by atoms with Gasteiger partial charge in [0.05, 0.1) is 28.8 Å². The summed E-state index contributed by atoms with van der Waals surface area (Å²) >= 11 is 1.61. The molecule has 3 nitrogen and oxygen atoms in total. The first-order valence-electron chi connectivity index (χ1n) is 7.09. The Balaban J connectivity index is 1.78. The first kappa shape index (κ1) is 13.7. The quantitative estimate of drug-likeness (QED) is 0.868. The summed E-state index contributed by atoms with van der Waals surface area (Å²) in [6.45, 7) is 6.15. The molecule has 1 saturated heterocycles. The molecule has 3 rings (SSSR count). The van der Waals surface area contributed by atoms with E-state index < -0.39 is 0 Å². The highest BCUT2D eigenvalue weighted by Crippen LogP contribution is 2.34. The summed E-state index contributed by atoms with van der Waals surface area (Å²) in [5.74, 6) is 0.539. The number of hydrogen-bond acceptors (Lipinski definition) is 4. The van der Waals surface area contributed by atoms with E-state index in [1.165, 1.54) is 0 Å². The van der Waals surface area contributed by atoms with Gasteiger partial charge in [-0.05, 0) is 31.9 Å². The second kappa shape index (κ2) is 5.26. The third-order valence-electron chi connectivity index (χ3n) is 4.28. The molecule has 4 unspecified atom stereocenters. The molecule has 20 heavy (non-hydrogen) atoms. The lowest BCUT2D eigenvalue weighted by molar-refractivity contribution is -0.124. The molecule has 0 bridgehead atoms. The van der Waals surface area contributed by atoms with Gasteiger partial charge in [-0.25, -0.2) is 4.98 Å². The average molecular weight is 289 g/mol. The van der Waals surface area contributed by atoms with Crippen molar-refractivity contribution < 1.29 is 9.53 Å². The van der Waals surface area contributed by atoms with Crippen molar-refractivity contribution in [2.24, 2.45) is 11.8 Å². The number of ketones is 1. The maximum atomic E-state index is 12.5. The number of thiazole rings is 1. The molecule has 2 aromatic rings. The van der Waals surface area contributed by atoms with Gasteiger partial charge in [0.15, 0.2) is 0 Å². The Morgan fingerprint density at radius 1 is 1.25 bits per heavy atom. The third-order valence-corrected chi connectivity index (χ3v) is 5.31. The lowest BCUT2D eigenvalue weighted by atomic mass is 9.85. The summed E-state index contributed by atoms with van der Waals surface area (Å²) in [5.41, 5.74) is 0.984. The fourth-order valence-electron chi connectivity index (χ4n) is 3.08. The molecule has 1 aliphatic heterocycles. The number of carbonyl (C=O) groups excluding carboxylic acids is 1. The van der Waals surface area contributed by atoms with Crippen molar-refractivity contribution in [2.75, 3.05) is 0 Å². The summed E-state index contributed by atoms with van der Waals surface area (Å²) in [6.07, 6.45) is 0.602. The molecular weight excluding hydrogens is 270 g/mol. The van der Waals surface area contributed by atoms with Crippen LogP contribution in [0.15, 0.2) is 24.3 Å². The Morgan fingerprint density at radius 3 is 2.65 bits per heavy atom. The molecular formula is C16H19NO2S. The standard InChI is InChI=1S/C16H19NO2S/c1-9-10(2)19-11(3)16(9)13(18)8-15-17-12-6-4-5-7-14(12)20-15/h4-7,9-11,16H,8H2,1-3H3. The minimum Gasteiger partial charge on any atom is -0.375 e. The van der Waals surface area contributed by atoms with Gasteiger partial charge in [-0.3, -0.25) is 4.79 Å². The number of hydrogen-bond donors (Lipinski definition) is 0. The molecule has 2 heterocycles. The van der Waals surface area contributed by atoms with E-state index in [1.807, 2.05) is 38.1 Å². The molecule has 4 heteroatoms. The van der Waals surface area contributed by atoms with Gasteiger partial charge in [-0.2, -0.15) is 0 Å². The van der Waals surface area contributed by atoms with E-state index >= 15 is 0 Å². The Labute approximate surface area is 123 Å². The number of rotatable bonds is 3. The largest absolute Gasteiger partial charge is 0.375 e. The summed E-state index contributed by atoms with van der Waals surface area (Å²) in [6, 6.07) is 8.02. The first-order valence-corrected chi connectivity index (χ1v) is 7.90. The fraction of sp³-hybridized carbons (Fsp3) is 0.500. The van der Waals surface area contributed by atoms with Crippen LogP contribution in [0.4, 0.5) is 0 Å². The van der Waals surface area contributed by atoms with Crippen molar-refractivity contribution >= 4 is 27.3 Å². The van der Waals surface area contributed by atoms with Crippen LogP contribution in [-0.2, 0) is 16.0 Å². The van der Waals surface area contributed by atoms with Crippen LogP contribution in [0.25, 0.3) is 10.2 Å². The van der Waals surface area contributed by atoms with Crippen LogP contribution in [0.1, 0.15) is 25.8 Å². The lowest BCUT2D eigenvalue weighted by Gasteiger charge is -2.16. The minimum absolute atomic E-state index is 0.00277. The number of para-hydroxylation sites is 1. The van der Waals surface area contributed by atoms with Crippen molar-refractivity contribution in [3.8, 4) is 0 Å². The van der Waals surface area contributed by atoms with Crippen molar-refractivity contribution in [2.45, 2.75) is 39.4 Å². The number of nitrogens with zero attached hydrogens (tertiary/aromatic N) is 1. The number of aromatic nitrogens is 1. The Morgan fingerprint density at radius 2 is 2.00 bits per heavy atom. The molecule has 0 spiro atoms. The second-order valence-electron chi connectivity index (χ2n) is 5.65. The van der Waals surface area contributed by atoms with Gasteiger partial charge in [0.25, 0.3) is 0 Å². The molecule has 1 aliphatic rings. The van der Waals surface area contributed by atoms with E-state index in [-0.39, 0.29) is 29.8 Å². The summed E-state index contributed by atoms with van der Waals surface area (Å²) in [7, 11) is 0. The summed E-state index contributed by atoms with van der Waals surface area (Å²) in [5, 5.41) is 0.912. The topological polar surface area (TPSA) is 39.2 Å². The predicted molar refractivity (Wildman–Crippen MR) is 81.0 cm³/mol. The van der Waals surface area contributed by atoms with E-state index in [4.69, 9.17) is 4.74 Å². The van der Waals surface area contributed by atoms with Gasteiger partial charge in [0, 0.05) is 5.92 Å². The van der Waals surface area contributed by atoms with E-state index in [9.17, 15) is 4.79 Å². The molecule has 0 N–H and O–H groups in total. The SMILES string of the molecule is CC1OC(C)C(C(=O)Cc2nc3ccccc3s2)C1C. The molecule has 1 aromatic carbocycles. The molecule has 0 saturated carbocycles. The fourth-order valence-corrected chi connectivity index (χ4v) is 4.06. The lowest BCUT2D eigenvalue weighted by Crippen LogP contribution is -2.28. The van der Waals surface area contributed by atoms with Crippen molar-refractivity contribution in [3.05, 3.63) is 29.3 Å². The normalized spacial score (nSPS) is 29.9. The van der Waals surface area contributed by atoms with Gasteiger partial charge >= 0.3 is 0 Å². The average Bonchev–Trinajstić information content (AvgIpc) is 2.90. The zero-order valence-electron chi connectivity index (χ0n) is 12.0. The molecule has 4 atom stereocenters. The van der Waals surface area contributed by atoms with E-state index in [2.05, 4.69) is 11.9 Å². The van der Waals surface area contributed by atoms with Gasteiger partial charge in [-0.15, -0.1) is 11.3 Å². The van der Waals surface area contributed by atoms with Crippen LogP contribution in [-0.4, -0.2) is 23.0 Å². The number of carbonyl (C=O) groups is 1. The highest BCUT2D eigenvalue weighted by atomic mass is 32.1.